The molecule has 0 bridgehead atoms. The summed E-state index contributed by atoms with van der Waals surface area (Å²) >= 11 is 0. The van der Waals surface area contributed by atoms with Gasteiger partial charge in [-0.1, -0.05) is 12.1 Å². The van der Waals surface area contributed by atoms with Crippen LogP contribution >= 0.6 is 0 Å². The van der Waals surface area contributed by atoms with Crippen LogP contribution in [-0.2, 0) is 19.1 Å². The van der Waals surface area contributed by atoms with Crippen LogP contribution < -0.4 is 14.2 Å². The Labute approximate surface area is 197 Å². The zero-order valence-corrected chi connectivity index (χ0v) is 19.5. The first kappa shape index (κ1) is 24.8. The molecule has 0 aliphatic carbocycles. The Morgan fingerprint density at radius 1 is 1.03 bits per heavy atom. The van der Waals surface area contributed by atoms with E-state index in [0.29, 0.717) is 24.3 Å². The summed E-state index contributed by atoms with van der Waals surface area (Å²) in [4.78, 5) is 39.0. The second-order valence-electron chi connectivity index (χ2n) is 7.57. The van der Waals surface area contributed by atoms with E-state index in [9.17, 15) is 19.5 Å². The third-order valence-corrected chi connectivity index (χ3v) is 5.39. The number of aliphatic hydroxyl groups excluding tert-OH is 1. The van der Waals surface area contributed by atoms with E-state index < -0.39 is 23.7 Å². The van der Waals surface area contributed by atoms with Crippen molar-refractivity contribution in [3.05, 3.63) is 59.2 Å². The summed E-state index contributed by atoms with van der Waals surface area (Å²) in [6.45, 7) is 1.88. The van der Waals surface area contributed by atoms with E-state index in [-0.39, 0.29) is 34.9 Å². The van der Waals surface area contributed by atoms with E-state index in [0.717, 1.165) is 0 Å². The lowest BCUT2D eigenvalue weighted by Crippen LogP contribution is -2.31. The summed E-state index contributed by atoms with van der Waals surface area (Å²) < 4.78 is 20.9. The van der Waals surface area contributed by atoms with E-state index in [1.165, 1.54) is 26.0 Å². The molecule has 2 aromatic rings. The minimum absolute atomic E-state index is 0.0918. The Kier molecular flexibility index (Phi) is 7.91. The zero-order chi connectivity index (χ0) is 24.8. The molecule has 180 valence electrons. The lowest BCUT2D eigenvalue weighted by Gasteiger charge is -2.25. The van der Waals surface area contributed by atoms with Gasteiger partial charge in [0.05, 0.1) is 31.4 Å². The summed E-state index contributed by atoms with van der Waals surface area (Å²) in [6, 6.07) is 10.3. The highest BCUT2D eigenvalue weighted by atomic mass is 16.5. The fourth-order valence-corrected chi connectivity index (χ4v) is 3.89. The lowest BCUT2D eigenvalue weighted by molar-refractivity contribution is -0.140. The van der Waals surface area contributed by atoms with Gasteiger partial charge in [0.15, 0.2) is 0 Å². The van der Waals surface area contributed by atoms with Gasteiger partial charge in [-0.2, -0.15) is 0 Å². The van der Waals surface area contributed by atoms with Crippen LogP contribution in [-0.4, -0.2) is 62.1 Å². The summed E-state index contributed by atoms with van der Waals surface area (Å²) in [6.07, 6.45) is 0.482. The molecule has 34 heavy (non-hydrogen) atoms. The molecular formula is C25H27NO8. The van der Waals surface area contributed by atoms with Gasteiger partial charge < -0.3 is 29.0 Å². The molecule has 0 aromatic heterocycles. The van der Waals surface area contributed by atoms with Crippen LogP contribution in [0.3, 0.4) is 0 Å². The number of methoxy groups -OCH3 is 3. The highest BCUT2D eigenvalue weighted by molar-refractivity contribution is 6.46. The zero-order valence-electron chi connectivity index (χ0n) is 19.5. The molecule has 2 aromatic carbocycles. The van der Waals surface area contributed by atoms with Crippen LogP contribution in [0.15, 0.2) is 48.0 Å². The number of ketones is 1. The molecule has 0 radical (unpaired) electrons. The molecule has 1 amide bonds. The number of amides is 1. The topological polar surface area (TPSA) is 112 Å². The summed E-state index contributed by atoms with van der Waals surface area (Å²) in [5.74, 6) is -1.42. The molecule has 1 N–H and O–H groups in total. The van der Waals surface area contributed by atoms with Crippen molar-refractivity contribution in [2.24, 2.45) is 0 Å². The standard InChI is InChI=1S/C25H27NO8/c1-15(27)34-18-8-5-7-16(13-18)22-21(24(29)25(30)26(22)11-6-12-31-2)23(28)19-10-9-17(32-3)14-20(19)33-4/h5,7-10,13-14,22,28H,6,11-12H2,1-4H3/b23-21-. The fraction of sp³-hybridized carbons (Fsp3) is 0.320. The predicted molar refractivity (Wildman–Crippen MR) is 123 cm³/mol. The van der Waals surface area contributed by atoms with E-state index in [1.54, 1.807) is 49.6 Å². The number of carbonyl (C=O) groups excluding carboxylic acids is 3. The molecular weight excluding hydrogens is 442 g/mol. The van der Waals surface area contributed by atoms with Crippen molar-refractivity contribution in [3.63, 3.8) is 0 Å². The maximum Gasteiger partial charge on any atom is 0.308 e. The molecule has 3 rings (SSSR count). The normalized spacial score (nSPS) is 17.1. The van der Waals surface area contributed by atoms with Crippen LogP contribution in [0.25, 0.3) is 5.76 Å². The quantitative estimate of drug-likeness (QED) is 0.149. The first-order valence-electron chi connectivity index (χ1n) is 10.6. The van der Waals surface area contributed by atoms with E-state index in [4.69, 9.17) is 18.9 Å². The Hall–Kier alpha value is -3.85. The van der Waals surface area contributed by atoms with Gasteiger partial charge in [0, 0.05) is 33.3 Å². The molecule has 1 heterocycles. The van der Waals surface area contributed by atoms with Gasteiger partial charge in [0.2, 0.25) is 0 Å². The Balaban J connectivity index is 2.18. The van der Waals surface area contributed by atoms with Crippen LogP contribution in [0.2, 0.25) is 0 Å². The van der Waals surface area contributed by atoms with Crippen LogP contribution in [0.5, 0.6) is 17.2 Å². The van der Waals surface area contributed by atoms with Crippen molar-refractivity contribution in [1.29, 1.82) is 0 Å². The SMILES string of the molecule is COCCCN1C(=O)C(=O)/C(=C(\O)c2ccc(OC)cc2OC)C1c1cccc(OC(C)=O)c1. The second-order valence-corrected chi connectivity index (χ2v) is 7.57. The number of aliphatic hydroxyl groups is 1. The highest BCUT2D eigenvalue weighted by Gasteiger charge is 2.46. The number of esters is 1. The monoisotopic (exact) mass is 469 g/mol. The number of hydrogen-bond acceptors (Lipinski definition) is 8. The minimum atomic E-state index is -0.904. The van der Waals surface area contributed by atoms with Gasteiger partial charge in [-0.05, 0) is 36.2 Å². The molecule has 1 unspecified atom stereocenters. The van der Waals surface area contributed by atoms with Crippen molar-refractivity contribution >= 4 is 23.4 Å². The molecule has 0 saturated carbocycles. The highest BCUT2D eigenvalue weighted by Crippen LogP contribution is 2.42. The molecule has 1 aliphatic heterocycles. The first-order chi connectivity index (χ1) is 16.3. The number of benzene rings is 2. The summed E-state index contributed by atoms with van der Waals surface area (Å²) in [5.41, 5.74) is 0.648. The third kappa shape index (κ3) is 5.04. The van der Waals surface area contributed by atoms with Crippen molar-refractivity contribution < 1.29 is 38.4 Å². The van der Waals surface area contributed by atoms with Gasteiger partial charge >= 0.3 is 5.97 Å². The number of likely N-dealkylation sites (tertiary alicyclic amines) is 1. The first-order valence-corrected chi connectivity index (χ1v) is 10.6. The molecule has 1 fully saturated rings. The van der Waals surface area contributed by atoms with Crippen molar-refractivity contribution in [2.45, 2.75) is 19.4 Å². The molecule has 1 atom stereocenters. The molecule has 9 nitrogen and oxygen atoms in total. The van der Waals surface area contributed by atoms with Gasteiger partial charge in [-0.25, -0.2) is 0 Å². The van der Waals surface area contributed by atoms with Gasteiger partial charge in [-0.15, -0.1) is 0 Å². The maximum atomic E-state index is 13.1. The third-order valence-electron chi connectivity index (χ3n) is 5.39. The van der Waals surface area contributed by atoms with Crippen LogP contribution in [0, 0.1) is 0 Å². The number of hydrogen-bond donors (Lipinski definition) is 1. The van der Waals surface area contributed by atoms with Gasteiger partial charge in [-0.3, -0.25) is 14.4 Å². The maximum absolute atomic E-state index is 13.1. The number of carbonyl (C=O) groups is 3. The van der Waals surface area contributed by atoms with Crippen molar-refractivity contribution in [2.75, 3.05) is 34.5 Å². The summed E-state index contributed by atoms with van der Waals surface area (Å²) in [7, 11) is 4.47. The molecule has 9 heteroatoms. The van der Waals surface area contributed by atoms with Crippen LogP contribution in [0.1, 0.15) is 30.5 Å². The van der Waals surface area contributed by atoms with Crippen molar-refractivity contribution in [1.82, 2.24) is 4.90 Å². The van der Waals surface area contributed by atoms with E-state index >= 15 is 0 Å². The van der Waals surface area contributed by atoms with Crippen molar-refractivity contribution in [3.8, 4) is 17.2 Å². The Bertz CT molecular complexity index is 1120. The number of ether oxygens (including phenoxy) is 4. The Morgan fingerprint density at radius 2 is 1.79 bits per heavy atom. The molecule has 0 spiro atoms. The minimum Gasteiger partial charge on any atom is -0.507 e. The van der Waals surface area contributed by atoms with E-state index in [2.05, 4.69) is 0 Å². The fourth-order valence-electron chi connectivity index (χ4n) is 3.89. The lowest BCUT2D eigenvalue weighted by atomic mass is 9.94. The molecule has 1 saturated heterocycles. The average Bonchev–Trinajstić information content (AvgIpc) is 3.08. The molecule has 1 aliphatic rings. The van der Waals surface area contributed by atoms with Crippen LogP contribution in [0.4, 0.5) is 0 Å². The largest absolute Gasteiger partial charge is 0.507 e. The van der Waals surface area contributed by atoms with Gasteiger partial charge in [0.25, 0.3) is 11.7 Å². The summed E-state index contributed by atoms with van der Waals surface area (Å²) in [5, 5.41) is 11.3. The predicted octanol–water partition coefficient (Wildman–Crippen LogP) is 3.09. The average molecular weight is 469 g/mol. The second kappa shape index (κ2) is 10.8. The number of rotatable bonds is 9. The van der Waals surface area contributed by atoms with Gasteiger partial charge in [0.1, 0.15) is 23.0 Å². The Morgan fingerprint density at radius 3 is 2.44 bits per heavy atom. The number of Topliss-reactive ketones (excluding diaryl/α,β-unsaturated/α-hetero) is 1. The van der Waals surface area contributed by atoms with E-state index in [1.807, 2.05) is 0 Å². The smallest absolute Gasteiger partial charge is 0.308 e. The number of nitrogens with zero attached hydrogens (tertiary/aromatic N) is 1.